The Bertz CT molecular complexity index is 590. The highest BCUT2D eigenvalue weighted by Gasteiger charge is 2.20. The second-order valence-electron chi connectivity index (χ2n) is 3.75. The molecule has 0 spiro atoms. The molecule has 4 nitrogen and oxygen atoms in total. The largest absolute Gasteiger partial charge is 0.476 e. The summed E-state index contributed by atoms with van der Waals surface area (Å²) in [6.45, 7) is 1.97. The van der Waals surface area contributed by atoms with Crippen LogP contribution in [0.5, 0.6) is 0 Å². The number of aryl methyl sites for hydroxylation is 1. The molecule has 0 bridgehead atoms. The number of hydrogen-bond acceptors (Lipinski definition) is 2. The average Bonchev–Trinajstić information content (AvgIpc) is 2.55. The molecule has 0 aliphatic heterocycles. The van der Waals surface area contributed by atoms with E-state index in [4.69, 9.17) is 5.11 Å². The van der Waals surface area contributed by atoms with Gasteiger partial charge in [-0.05, 0) is 28.4 Å². The zero-order valence-corrected chi connectivity index (χ0v) is 11.0. The first-order valence-electron chi connectivity index (χ1n) is 5.04. The molecule has 17 heavy (non-hydrogen) atoms. The number of carboxylic acids is 1. The van der Waals surface area contributed by atoms with E-state index in [2.05, 4.69) is 20.9 Å². The lowest BCUT2D eigenvalue weighted by Gasteiger charge is -2.05. The van der Waals surface area contributed by atoms with Crippen LogP contribution >= 0.6 is 15.9 Å². The van der Waals surface area contributed by atoms with E-state index in [0.29, 0.717) is 10.4 Å². The summed E-state index contributed by atoms with van der Waals surface area (Å²) in [5, 5.41) is 9.09. The zero-order valence-electron chi connectivity index (χ0n) is 9.44. The highest BCUT2D eigenvalue weighted by Crippen LogP contribution is 2.26. The van der Waals surface area contributed by atoms with Gasteiger partial charge < -0.3 is 9.67 Å². The Labute approximate surface area is 107 Å². The molecule has 5 heteroatoms. The van der Waals surface area contributed by atoms with Crippen molar-refractivity contribution in [3.8, 4) is 11.4 Å². The molecule has 0 radical (unpaired) electrons. The maximum absolute atomic E-state index is 11.1. The van der Waals surface area contributed by atoms with Crippen molar-refractivity contribution in [2.45, 2.75) is 6.92 Å². The number of carbonyl (C=O) groups is 1. The van der Waals surface area contributed by atoms with Gasteiger partial charge in [0.1, 0.15) is 10.4 Å². The molecule has 1 heterocycles. The van der Waals surface area contributed by atoms with Gasteiger partial charge in [0.2, 0.25) is 0 Å². The first-order valence-corrected chi connectivity index (χ1v) is 5.83. The van der Waals surface area contributed by atoms with Crippen LogP contribution in [0.1, 0.15) is 16.1 Å². The maximum atomic E-state index is 11.1. The SMILES string of the molecule is Cc1ccccc1-c1nc(Br)c(C(=O)O)n1C. The fraction of sp³-hybridized carbons (Fsp3) is 0.167. The topological polar surface area (TPSA) is 55.1 Å². The van der Waals surface area contributed by atoms with Crippen LogP contribution in [-0.4, -0.2) is 20.6 Å². The van der Waals surface area contributed by atoms with E-state index in [1.807, 2.05) is 31.2 Å². The Hall–Kier alpha value is -1.62. The van der Waals surface area contributed by atoms with Gasteiger partial charge in [-0.1, -0.05) is 24.3 Å². The fourth-order valence-corrected chi connectivity index (χ4v) is 2.37. The molecule has 0 unspecified atom stereocenters. The van der Waals surface area contributed by atoms with Gasteiger partial charge in [-0.15, -0.1) is 0 Å². The van der Waals surface area contributed by atoms with Gasteiger partial charge in [0.25, 0.3) is 0 Å². The Kier molecular flexibility index (Phi) is 3.02. The minimum Gasteiger partial charge on any atom is -0.476 e. The van der Waals surface area contributed by atoms with E-state index in [0.717, 1.165) is 11.1 Å². The molecule has 0 saturated heterocycles. The number of aromatic carboxylic acids is 1. The van der Waals surface area contributed by atoms with E-state index in [1.54, 1.807) is 11.6 Å². The van der Waals surface area contributed by atoms with Gasteiger partial charge >= 0.3 is 5.97 Å². The maximum Gasteiger partial charge on any atom is 0.355 e. The van der Waals surface area contributed by atoms with Crippen LogP contribution in [0.3, 0.4) is 0 Å². The monoisotopic (exact) mass is 294 g/mol. The lowest BCUT2D eigenvalue weighted by Crippen LogP contribution is -2.06. The number of hydrogen-bond donors (Lipinski definition) is 1. The van der Waals surface area contributed by atoms with Crippen LogP contribution in [0.25, 0.3) is 11.4 Å². The van der Waals surface area contributed by atoms with Gasteiger partial charge in [0.05, 0.1) is 0 Å². The quantitative estimate of drug-likeness (QED) is 0.927. The van der Waals surface area contributed by atoms with Crippen molar-refractivity contribution >= 4 is 21.9 Å². The number of benzene rings is 1. The third-order valence-corrected chi connectivity index (χ3v) is 3.19. The lowest BCUT2D eigenvalue weighted by molar-refractivity contribution is 0.0685. The third kappa shape index (κ3) is 1.98. The summed E-state index contributed by atoms with van der Waals surface area (Å²) in [4.78, 5) is 15.3. The number of imidazole rings is 1. The smallest absolute Gasteiger partial charge is 0.355 e. The molecule has 1 aromatic heterocycles. The van der Waals surface area contributed by atoms with Crippen molar-refractivity contribution in [3.05, 3.63) is 40.1 Å². The van der Waals surface area contributed by atoms with E-state index >= 15 is 0 Å². The number of carboxylic acid groups (broad SMARTS) is 1. The van der Waals surface area contributed by atoms with Crippen LogP contribution in [0.15, 0.2) is 28.9 Å². The molecule has 0 fully saturated rings. The summed E-state index contributed by atoms with van der Waals surface area (Å²) in [5.41, 5.74) is 2.15. The highest BCUT2D eigenvalue weighted by atomic mass is 79.9. The third-order valence-electron chi connectivity index (χ3n) is 2.64. The van der Waals surface area contributed by atoms with E-state index in [-0.39, 0.29) is 5.69 Å². The lowest BCUT2D eigenvalue weighted by atomic mass is 10.1. The van der Waals surface area contributed by atoms with Gasteiger partial charge in [-0.2, -0.15) is 0 Å². The molecule has 0 aliphatic rings. The number of rotatable bonds is 2. The highest BCUT2D eigenvalue weighted by molar-refractivity contribution is 9.10. The predicted molar refractivity (Wildman–Crippen MR) is 68.0 cm³/mol. The molecule has 1 aromatic carbocycles. The first-order chi connectivity index (χ1) is 8.02. The van der Waals surface area contributed by atoms with Crippen molar-refractivity contribution in [2.24, 2.45) is 7.05 Å². The number of nitrogens with zero attached hydrogens (tertiary/aromatic N) is 2. The molecule has 0 aliphatic carbocycles. The zero-order chi connectivity index (χ0) is 12.6. The number of halogens is 1. The molecule has 1 N–H and O–H groups in total. The van der Waals surface area contributed by atoms with Crippen LogP contribution in [0, 0.1) is 6.92 Å². The summed E-state index contributed by atoms with van der Waals surface area (Å²) < 4.78 is 1.93. The Morgan fingerprint density at radius 2 is 2.06 bits per heavy atom. The van der Waals surface area contributed by atoms with E-state index in [9.17, 15) is 4.79 Å². The molecule has 0 saturated carbocycles. The van der Waals surface area contributed by atoms with Gasteiger partial charge in [0.15, 0.2) is 5.69 Å². The van der Waals surface area contributed by atoms with Crippen LogP contribution in [-0.2, 0) is 7.05 Å². The van der Waals surface area contributed by atoms with Crippen LogP contribution < -0.4 is 0 Å². The Morgan fingerprint density at radius 1 is 1.41 bits per heavy atom. The van der Waals surface area contributed by atoms with Gasteiger partial charge in [-0.25, -0.2) is 9.78 Å². The first kappa shape index (κ1) is 11.9. The van der Waals surface area contributed by atoms with Gasteiger partial charge in [0, 0.05) is 12.6 Å². The van der Waals surface area contributed by atoms with E-state index < -0.39 is 5.97 Å². The summed E-state index contributed by atoms with van der Waals surface area (Å²) in [5.74, 6) is -0.348. The number of aromatic nitrogens is 2. The summed E-state index contributed by atoms with van der Waals surface area (Å²) >= 11 is 3.18. The van der Waals surface area contributed by atoms with Crippen LogP contribution in [0.2, 0.25) is 0 Å². The predicted octanol–water partition coefficient (Wildman–Crippen LogP) is 2.86. The van der Waals surface area contributed by atoms with Crippen molar-refractivity contribution in [2.75, 3.05) is 0 Å². The minimum atomic E-state index is -0.994. The average molecular weight is 295 g/mol. The second kappa shape index (κ2) is 4.33. The Morgan fingerprint density at radius 3 is 2.59 bits per heavy atom. The van der Waals surface area contributed by atoms with E-state index in [1.165, 1.54) is 0 Å². The van der Waals surface area contributed by atoms with Crippen molar-refractivity contribution in [1.82, 2.24) is 9.55 Å². The minimum absolute atomic E-state index is 0.156. The molecular weight excluding hydrogens is 284 g/mol. The van der Waals surface area contributed by atoms with Crippen LogP contribution in [0.4, 0.5) is 0 Å². The molecule has 88 valence electrons. The summed E-state index contributed by atoms with van der Waals surface area (Å²) in [7, 11) is 1.70. The molecular formula is C12H11BrN2O2. The van der Waals surface area contributed by atoms with Crippen molar-refractivity contribution < 1.29 is 9.90 Å². The fourth-order valence-electron chi connectivity index (χ4n) is 1.76. The standard InChI is InChI=1S/C12H11BrN2O2/c1-7-5-3-4-6-8(7)11-14-10(13)9(12(16)17)15(11)2/h3-6H,1-2H3,(H,16,17). The van der Waals surface area contributed by atoms with Gasteiger partial charge in [-0.3, -0.25) is 0 Å². The summed E-state index contributed by atoms with van der Waals surface area (Å²) in [6.07, 6.45) is 0. The van der Waals surface area contributed by atoms with Crippen molar-refractivity contribution in [3.63, 3.8) is 0 Å². The molecule has 0 atom stereocenters. The molecule has 2 rings (SSSR count). The molecule has 0 amide bonds. The molecule has 2 aromatic rings. The summed E-state index contributed by atoms with van der Waals surface area (Å²) in [6, 6.07) is 7.74. The second-order valence-corrected chi connectivity index (χ2v) is 4.51. The Balaban J connectivity index is 2.66. The van der Waals surface area contributed by atoms with Crippen molar-refractivity contribution in [1.29, 1.82) is 0 Å². The normalized spacial score (nSPS) is 10.5.